The summed E-state index contributed by atoms with van der Waals surface area (Å²) in [6.07, 6.45) is 3.20. The Morgan fingerprint density at radius 2 is 1.82 bits per heavy atom. The van der Waals surface area contributed by atoms with Gasteiger partial charge in [0.15, 0.2) is 0 Å². The van der Waals surface area contributed by atoms with Gasteiger partial charge in [0.1, 0.15) is 0 Å². The van der Waals surface area contributed by atoms with Crippen LogP contribution in [0.1, 0.15) is 34.1 Å². The summed E-state index contributed by atoms with van der Waals surface area (Å²) < 4.78 is 0. The molecule has 0 saturated heterocycles. The first-order valence-corrected chi connectivity index (χ1v) is 4.68. The summed E-state index contributed by atoms with van der Waals surface area (Å²) in [5.74, 6) is 0. The predicted molar refractivity (Wildman–Crippen MR) is 54.0 cm³/mol. The molecule has 0 aliphatic rings. The molecule has 0 unspecified atom stereocenters. The standard InChI is InChI=1S/C8H17N.C2H6/c1-4-7-9(6-3)8-5-2;1-2/h4H,1,5-8H2,2-3H3;1-2H3. The second-order valence-electron chi connectivity index (χ2n) is 2.18. The van der Waals surface area contributed by atoms with Crippen molar-refractivity contribution in [2.75, 3.05) is 19.6 Å². The van der Waals surface area contributed by atoms with Crippen molar-refractivity contribution >= 4 is 0 Å². The van der Waals surface area contributed by atoms with E-state index in [1.807, 2.05) is 19.9 Å². The van der Waals surface area contributed by atoms with E-state index in [9.17, 15) is 0 Å². The molecular formula is C10H23N. The molecule has 0 saturated carbocycles. The van der Waals surface area contributed by atoms with Crippen molar-refractivity contribution in [1.82, 2.24) is 4.90 Å². The molecular weight excluding hydrogens is 134 g/mol. The zero-order valence-corrected chi connectivity index (χ0v) is 8.56. The first kappa shape index (κ1) is 13.3. The molecule has 0 heterocycles. The maximum absolute atomic E-state index is 3.69. The summed E-state index contributed by atoms with van der Waals surface area (Å²) in [6.45, 7) is 15.4. The second-order valence-corrected chi connectivity index (χ2v) is 2.18. The van der Waals surface area contributed by atoms with E-state index in [1.165, 1.54) is 13.0 Å². The van der Waals surface area contributed by atoms with Crippen LogP contribution in [0.5, 0.6) is 0 Å². The van der Waals surface area contributed by atoms with Crippen LogP contribution in [0.2, 0.25) is 0 Å². The molecule has 0 aromatic rings. The fraction of sp³-hybridized carbons (Fsp3) is 0.800. The van der Waals surface area contributed by atoms with Crippen LogP contribution < -0.4 is 0 Å². The summed E-state index contributed by atoms with van der Waals surface area (Å²) in [6, 6.07) is 0. The minimum Gasteiger partial charge on any atom is -0.300 e. The zero-order valence-electron chi connectivity index (χ0n) is 8.56. The SMILES string of the molecule is C=CCN(CC)CCC.CC. The molecule has 0 aliphatic carbocycles. The van der Waals surface area contributed by atoms with E-state index >= 15 is 0 Å². The van der Waals surface area contributed by atoms with Crippen LogP contribution in [0.15, 0.2) is 12.7 Å². The summed E-state index contributed by atoms with van der Waals surface area (Å²) in [5.41, 5.74) is 0. The van der Waals surface area contributed by atoms with Crippen molar-refractivity contribution in [1.29, 1.82) is 0 Å². The average Bonchev–Trinajstić information content (AvgIpc) is 2.08. The molecule has 0 spiro atoms. The van der Waals surface area contributed by atoms with Gasteiger partial charge in [-0.3, -0.25) is 4.90 Å². The van der Waals surface area contributed by atoms with Crippen molar-refractivity contribution in [2.45, 2.75) is 34.1 Å². The molecule has 0 atom stereocenters. The lowest BCUT2D eigenvalue weighted by atomic mass is 10.4. The molecule has 0 fully saturated rings. The van der Waals surface area contributed by atoms with Gasteiger partial charge in [0.05, 0.1) is 0 Å². The Morgan fingerprint density at radius 1 is 1.27 bits per heavy atom. The first-order valence-electron chi connectivity index (χ1n) is 4.68. The minimum absolute atomic E-state index is 1.03. The molecule has 0 aliphatic heterocycles. The third-order valence-corrected chi connectivity index (χ3v) is 1.37. The van der Waals surface area contributed by atoms with Crippen LogP contribution in [-0.2, 0) is 0 Å². The van der Waals surface area contributed by atoms with Crippen LogP contribution >= 0.6 is 0 Å². The van der Waals surface area contributed by atoms with Gasteiger partial charge in [-0.05, 0) is 19.5 Å². The van der Waals surface area contributed by atoms with E-state index in [-0.39, 0.29) is 0 Å². The molecule has 0 N–H and O–H groups in total. The van der Waals surface area contributed by atoms with Crippen molar-refractivity contribution in [2.24, 2.45) is 0 Å². The zero-order chi connectivity index (χ0) is 9.11. The number of nitrogens with zero attached hydrogens (tertiary/aromatic N) is 1. The monoisotopic (exact) mass is 157 g/mol. The molecule has 0 radical (unpaired) electrons. The van der Waals surface area contributed by atoms with Crippen molar-refractivity contribution < 1.29 is 0 Å². The lowest BCUT2D eigenvalue weighted by Crippen LogP contribution is -2.23. The highest BCUT2D eigenvalue weighted by Crippen LogP contribution is 1.89. The lowest BCUT2D eigenvalue weighted by Gasteiger charge is -2.16. The van der Waals surface area contributed by atoms with Crippen molar-refractivity contribution in [3.63, 3.8) is 0 Å². The van der Waals surface area contributed by atoms with Crippen LogP contribution in [0.3, 0.4) is 0 Å². The van der Waals surface area contributed by atoms with E-state index in [2.05, 4.69) is 25.3 Å². The molecule has 0 aromatic heterocycles. The van der Waals surface area contributed by atoms with Gasteiger partial charge in [-0.25, -0.2) is 0 Å². The van der Waals surface area contributed by atoms with E-state index in [0.717, 1.165) is 13.1 Å². The van der Waals surface area contributed by atoms with Crippen LogP contribution in [0.4, 0.5) is 0 Å². The van der Waals surface area contributed by atoms with Gasteiger partial charge in [0.2, 0.25) is 0 Å². The molecule has 1 heteroatoms. The van der Waals surface area contributed by atoms with E-state index in [4.69, 9.17) is 0 Å². The molecule has 0 rings (SSSR count). The predicted octanol–water partition coefficient (Wildman–Crippen LogP) is 2.93. The van der Waals surface area contributed by atoms with E-state index < -0.39 is 0 Å². The second kappa shape index (κ2) is 12.4. The molecule has 0 amide bonds. The quantitative estimate of drug-likeness (QED) is 0.555. The summed E-state index contributed by atoms with van der Waals surface area (Å²) in [5, 5.41) is 0. The number of likely N-dealkylation sites (N-methyl/N-ethyl adjacent to an activating group) is 1. The summed E-state index contributed by atoms with van der Waals surface area (Å²) >= 11 is 0. The minimum atomic E-state index is 1.03. The summed E-state index contributed by atoms with van der Waals surface area (Å²) in [7, 11) is 0. The first-order chi connectivity index (χ1) is 5.35. The van der Waals surface area contributed by atoms with Gasteiger partial charge in [-0.15, -0.1) is 6.58 Å². The Balaban J connectivity index is 0. The highest BCUT2D eigenvalue weighted by atomic mass is 15.1. The van der Waals surface area contributed by atoms with E-state index in [1.54, 1.807) is 0 Å². The van der Waals surface area contributed by atoms with E-state index in [0.29, 0.717) is 0 Å². The molecule has 1 nitrogen and oxygen atoms in total. The highest BCUT2D eigenvalue weighted by molar-refractivity contribution is 4.71. The third-order valence-electron chi connectivity index (χ3n) is 1.37. The molecule has 11 heavy (non-hydrogen) atoms. The smallest absolute Gasteiger partial charge is 0.0160 e. The molecule has 0 bridgehead atoms. The van der Waals surface area contributed by atoms with Crippen LogP contribution in [0, 0.1) is 0 Å². The fourth-order valence-corrected chi connectivity index (χ4v) is 0.877. The van der Waals surface area contributed by atoms with Gasteiger partial charge < -0.3 is 0 Å². The Morgan fingerprint density at radius 3 is 2.09 bits per heavy atom. The normalized spacial score (nSPS) is 8.82. The van der Waals surface area contributed by atoms with Gasteiger partial charge in [0, 0.05) is 6.54 Å². The topological polar surface area (TPSA) is 3.24 Å². The number of hydrogen-bond acceptors (Lipinski definition) is 1. The highest BCUT2D eigenvalue weighted by Gasteiger charge is 1.94. The Bertz CT molecular complexity index is 69.3. The molecule has 0 aromatic carbocycles. The Labute approximate surface area is 72.1 Å². The Hall–Kier alpha value is -0.300. The van der Waals surface area contributed by atoms with Gasteiger partial charge in [-0.2, -0.15) is 0 Å². The lowest BCUT2D eigenvalue weighted by molar-refractivity contribution is 0.320. The number of hydrogen-bond donors (Lipinski definition) is 0. The van der Waals surface area contributed by atoms with Gasteiger partial charge in [-0.1, -0.05) is 33.8 Å². The number of rotatable bonds is 5. The maximum atomic E-state index is 3.69. The van der Waals surface area contributed by atoms with Crippen LogP contribution in [0.25, 0.3) is 0 Å². The van der Waals surface area contributed by atoms with Gasteiger partial charge >= 0.3 is 0 Å². The van der Waals surface area contributed by atoms with Crippen molar-refractivity contribution in [3.8, 4) is 0 Å². The third kappa shape index (κ3) is 9.70. The Kier molecular flexibility index (Phi) is 15.0. The largest absolute Gasteiger partial charge is 0.300 e. The average molecular weight is 157 g/mol. The van der Waals surface area contributed by atoms with Crippen molar-refractivity contribution in [3.05, 3.63) is 12.7 Å². The van der Waals surface area contributed by atoms with Gasteiger partial charge in [0.25, 0.3) is 0 Å². The van der Waals surface area contributed by atoms with Crippen LogP contribution in [-0.4, -0.2) is 24.5 Å². The fourth-order valence-electron chi connectivity index (χ4n) is 0.877. The summed E-state index contributed by atoms with van der Waals surface area (Å²) in [4.78, 5) is 2.37. The maximum Gasteiger partial charge on any atom is 0.0160 e. The molecule has 68 valence electrons.